The molecule has 1 heteroatoms. The molecule has 0 bridgehead atoms. The first-order chi connectivity index (χ1) is 7.00. The zero-order valence-electron chi connectivity index (χ0n) is 10.5. The number of nitrogens with one attached hydrogen (secondary N) is 1. The minimum absolute atomic E-state index is 0.521. The molecule has 0 aliphatic carbocycles. The van der Waals surface area contributed by atoms with Crippen LogP contribution in [0.25, 0.3) is 0 Å². The predicted molar refractivity (Wildman–Crippen MR) is 68.5 cm³/mol. The molecule has 1 N–H and O–H groups in total. The van der Waals surface area contributed by atoms with Crippen molar-refractivity contribution in [2.45, 2.75) is 46.6 Å². The summed E-state index contributed by atoms with van der Waals surface area (Å²) in [6, 6.07) is 9.24. The van der Waals surface area contributed by atoms with Crippen LogP contribution >= 0.6 is 0 Å². The Balaban J connectivity index is 2.73. The second kappa shape index (κ2) is 5.20. The summed E-state index contributed by atoms with van der Waals surface area (Å²) >= 11 is 0. The molecule has 0 aliphatic heterocycles. The molecule has 0 aromatic heterocycles. The summed E-state index contributed by atoms with van der Waals surface area (Å²) < 4.78 is 0. The predicted octanol–water partition coefficient (Wildman–Crippen LogP) is 4.27. The Hall–Kier alpha value is -0.980. The van der Waals surface area contributed by atoms with Gasteiger partial charge in [-0.2, -0.15) is 0 Å². The standard InChI is InChI=1S/C14H23N/c1-10(2)12(5)15-14-8-6-7-13(9-14)11(3)4/h6-12,15H,1-5H3. The van der Waals surface area contributed by atoms with E-state index in [1.807, 2.05) is 0 Å². The summed E-state index contributed by atoms with van der Waals surface area (Å²) in [7, 11) is 0. The fourth-order valence-corrected chi connectivity index (χ4v) is 1.42. The van der Waals surface area contributed by atoms with E-state index in [-0.39, 0.29) is 0 Å². The molecule has 0 saturated carbocycles. The molecule has 0 amide bonds. The summed E-state index contributed by atoms with van der Waals surface area (Å²) in [4.78, 5) is 0. The highest BCUT2D eigenvalue weighted by molar-refractivity contribution is 5.47. The van der Waals surface area contributed by atoms with Gasteiger partial charge < -0.3 is 5.32 Å². The number of rotatable bonds is 4. The topological polar surface area (TPSA) is 12.0 Å². The Labute approximate surface area is 93.9 Å². The average Bonchev–Trinajstić information content (AvgIpc) is 2.18. The SMILES string of the molecule is CC(C)c1cccc(NC(C)C(C)C)c1. The van der Waals surface area contributed by atoms with Crippen molar-refractivity contribution in [2.75, 3.05) is 5.32 Å². The molecule has 1 atom stereocenters. The van der Waals surface area contributed by atoms with Gasteiger partial charge in [0.05, 0.1) is 0 Å². The largest absolute Gasteiger partial charge is 0.382 e. The molecule has 0 heterocycles. The molecule has 0 fully saturated rings. The fourth-order valence-electron chi connectivity index (χ4n) is 1.42. The number of benzene rings is 1. The number of anilines is 1. The molecule has 0 saturated heterocycles. The van der Waals surface area contributed by atoms with Crippen LogP contribution in [0.1, 0.15) is 46.1 Å². The lowest BCUT2D eigenvalue weighted by Gasteiger charge is -2.19. The Morgan fingerprint density at radius 1 is 1.00 bits per heavy atom. The van der Waals surface area contributed by atoms with Crippen LogP contribution in [0.15, 0.2) is 24.3 Å². The quantitative estimate of drug-likeness (QED) is 0.774. The van der Waals surface area contributed by atoms with Gasteiger partial charge in [0.25, 0.3) is 0 Å². The summed E-state index contributed by atoms with van der Waals surface area (Å²) in [6.07, 6.45) is 0. The van der Waals surface area contributed by atoms with E-state index in [1.54, 1.807) is 0 Å². The summed E-state index contributed by atoms with van der Waals surface area (Å²) in [6.45, 7) is 11.2. The van der Waals surface area contributed by atoms with Crippen LogP contribution in [-0.4, -0.2) is 6.04 Å². The van der Waals surface area contributed by atoms with Gasteiger partial charge >= 0.3 is 0 Å². The van der Waals surface area contributed by atoms with E-state index in [1.165, 1.54) is 11.3 Å². The van der Waals surface area contributed by atoms with E-state index in [2.05, 4.69) is 64.2 Å². The van der Waals surface area contributed by atoms with Crippen molar-refractivity contribution in [3.8, 4) is 0 Å². The van der Waals surface area contributed by atoms with Gasteiger partial charge in [-0.3, -0.25) is 0 Å². The van der Waals surface area contributed by atoms with E-state index in [9.17, 15) is 0 Å². The molecular formula is C14H23N. The molecular weight excluding hydrogens is 182 g/mol. The lowest BCUT2D eigenvalue weighted by Crippen LogP contribution is -2.21. The minimum atomic E-state index is 0.521. The molecule has 1 nitrogen and oxygen atoms in total. The van der Waals surface area contributed by atoms with E-state index in [4.69, 9.17) is 0 Å². The van der Waals surface area contributed by atoms with Gasteiger partial charge in [0.1, 0.15) is 0 Å². The number of hydrogen-bond donors (Lipinski definition) is 1. The summed E-state index contributed by atoms with van der Waals surface area (Å²) in [5, 5.41) is 3.54. The van der Waals surface area contributed by atoms with Gasteiger partial charge in [-0.05, 0) is 36.5 Å². The maximum atomic E-state index is 3.54. The molecule has 1 unspecified atom stereocenters. The average molecular weight is 205 g/mol. The molecule has 15 heavy (non-hydrogen) atoms. The Morgan fingerprint density at radius 2 is 1.67 bits per heavy atom. The van der Waals surface area contributed by atoms with Crippen LogP contribution in [0.5, 0.6) is 0 Å². The molecule has 84 valence electrons. The van der Waals surface area contributed by atoms with Crippen molar-refractivity contribution in [1.82, 2.24) is 0 Å². The Kier molecular flexibility index (Phi) is 4.19. The monoisotopic (exact) mass is 205 g/mol. The Bertz CT molecular complexity index is 302. The van der Waals surface area contributed by atoms with Crippen LogP contribution in [0.2, 0.25) is 0 Å². The maximum Gasteiger partial charge on any atom is 0.0345 e. The minimum Gasteiger partial charge on any atom is -0.382 e. The van der Waals surface area contributed by atoms with Crippen molar-refractivity contribution in [2.24, 2.45) is 5.92 Å². The number of hydrogen-bond acceptors (Lipinski definition) is 1. The fraction of sp³-hybridized carbons (Fsp3) is 0.571. The highest BCUT2D eigenvalue weighted by Gasteiger charge is 2.07. The second-order valence-corrected chi connectivity index (χ2v) is 4.96. The summed E-state index contributed by atoms with van der Waals surface area (Å²) in [5.41, 5.74) is 2.64. The van der Waals surface area contributed by atoms with Crippen LogP contribution in [0.4, 0.5) is 5.69 Å². The van der Waals surface area contributed by atoms with Crippen LogP contribution in [-0.2, 0) is 0 Å². The normalized spacial score (nSPS) is 13.3. The molecule has 1 aromatic rings. The van der Waals surface area contributed by atoms with Crippen molar-refractivity contribution in [1.29, 1.82) is 0 Å². The molecule has 0 spiro atoms. The molecule has 1 rings (SSSR count). The Morgan fingerprint density at radius 3 is 2.20 bits per heavy atom. The van der Waals surface area contributed by atoms with Crippen molar-refractivity contribution < 1.29 is 0 Å². The lowest BCUT2D eigenvalue weighted by molar-refractivity contribution is 0.560. The van der Waals surface area contributed by atoms with Crippen LogP contribution < -0.4 is 5.32 Å². The smallest absolute Gasteiger partial charge is 0.0345 e. The molecule has 0 aliphatic rings. The van der Waals surface area contributed by atoms with E-state index in [0.717, 1.165) is 0 Å². The van der Waals surface area contributed by atoms with Crippen LogP contribution in [0, 0.1) is 5.92 Å². The van der Waals surface area contributed by atoms with Gasteiger partial charge in [-0.15, -0.1) is 0 Å². The third-order valence-electron chi connectivity index (χ3n) is 2.95. The zero-order chi connectivity index (χ0) is 11.4. The van der Waals surface area contributed by atoms with Crippen molar-refractivity contribution >= 4 is 5.69 Å². The van der Waals surface area contributed by atoms with Crippen molar-refractivity contribution in [3.63, 3.8) is 0 Å². The molecule has 1 aromatic carbocycles. The first-order valence-electron chi connectivity index (χ1n) is 5.87. The first kappa shape index (κ1) is 12.1. The van der Waals surface area contributed by atoms with E-state index in [0.29, 0.717) is 17.9 Å². The van der Waals surface area contributed by atoms with E-state index < -0.39 is 0 Å². The van der Waals surface area contributed by atoms with Gasteiger partial charge in [0.2, 0.25) is 0 Å². The first-order valence-corrected chi connectivity index (χ1v) is 5.87. The zero-order valence-corrected chi connectivity index (χ0v) is 10.5. The second-order valence-electron chi connectivity index (χ2n) is 4.96. The lowest BCUT2D eigenvalue weighted by atomic mass is 10.0. The van der Waals surface area contributed by atoms with Crippen molar-refractivity contribution in [3.05, 3.63) is 29.8 Å². The van der Waals surface area contributed by atoms with Crippen LogP contribution in [0.3, 0.4) is 0 Å². The van der Waals surface area contributed by atoms with Gasteiger partial charge in [0, 0.05) is 11.7 Å². The third-order valence-corrected chi connectivity index (χ3v) is 2.95. The van der Waals surface area contributed by atoms with Gasteiger partial charge in [0.15, 0.2) is 0 Å². The molecule has 0 radical (unpaired) electrons. The third kappa shape index (κ3) is 3.58. The maximum absolute atomic E-state index is 3.54. The van der Waals surface area contributed by atoms with E-state index >= 15 is 0 Å². The summed E-state index contributed by atoms with van der Waals surface area (Å²) in [5.74, 6) is 1.26. The van der Waals surface area contributed by atoms with Gasteiger partial charge in [-0.25, -0.2) is 0 Å². The van der Waals surface area contributed by atoms with Gasteiger partial charge in [-0.1, -0.05) is 39.8 Å². The highest BCUT2D eigenvalue weighted by Crippen LogP contribution is 2.19. The highest BCUT2D eigenvalue weighted by atomic mass is 14.9.